The summed E-state index contributed by atoms with van der Waals surface area (Å²) >= 11 is 0. The van der Waals surface area contributed by atoms with E-state index in [-0.39, 0.29) is 0 Å². The van der Waals surface area contributed by atoms with E-state index in [4.69, 9.17) is 0 Å². The van der Waals surface area contributed by atoms with Crippen LogP contribution in [0.25, 0.3) is 0 Å². The van der Waals surface area contributed by atoms with E-state index in [9.17, 15) is 0 Å². The molecule has 2 rings (SSSR count). The molecular weight excluding hydrogens is 182 g/mol. The van der Waals surface area contributed by atoms with Gasteiger partial charge in [0.1, 0.15) is 0 Å². The van der Waals surface area contributed by atoms with Crippen molar-refractivity contribution >= 4 is 5.69 Å². The molecule has 1 nitrogen and oxygen atoms in total. The first-order valence-corrected chi connectivity index (χ1v) is 6.14. The first-order valence-electron chi connectivity index (χ1n) is 6.14. The van der Waals surface area contributed by atoms with E-state index in [1.54, 1.807) is 11.1 Å². The molecule has 0 bridgehead atoms. The third-order valence-corrected chi connectivity index (χ3v) is 3.65. The summed E-state index contributed by atoms with van der Waals surface area (Å²) < 4.78 is 0. The molecule has 0 fully saturated rings. The maximum Gasteiger partial charge on any atom is 0.0401 e. The highest BCUT2D eigenvalue weighted by Crippen LogP contribution is 2.38. The molecule has 1 unspecified atom stereocenters. The number of nitrogens with zero attached hydrogens (tertiary/aromatic N) is 1. The summed E-state index contributed by atoms with van der Waals surface area (Å²) in [5.41, 5.74) is 4.66. The summed E-state index contributed by atoms with van der Waals surface area (Å²) in [6, 6.07) is 6.80. The van der Waals surface area contributed by atoms with E-state index in [0.29, 0.717) is 0 Å². The van der Waals surface area contributed by atoms with Crippen LogP contribution in [-0.4, -0.2) is 13.1 Å². The highest BCUT2D eigenvalue weighted by Gasteiger charge is 2.22. The molecule has 0 aromatic heterocycles. The van der Waals surface area contributed by atoms with Crippen molar-refractivity contribution in [1.82, 2.24) is 0 Å². The molecule has 1 aliphatic rings. The number of rotatable bonds is 3. The third kappa shape index (κ3) is 1.75. The topological polar surface area (TPSA) is 3.24 Å². The van der Waals surface area contributed by atoms with Crippen molar-refractivity contribution in [3.05, 3.63) is 29.3 Å². The highest BCUT2D eigenvalue weighted by molar-refractivity contribution is 5.59. The van der Waals surface area contributed by atoms with Gasteiger partial charge in [-0.1, -0.05) is 19.1 Å². The van der Waals surface area contributed by atoms with Crippen molar-refractivity contribution in [2.45, 2.75) is 39.5 Å². The van der Waals surface area contributed by atoms with Crippen LogP contribution in [0, 0.1) is 0 Å². The predicted molar refractivity (Wildman–Crippen MR) is 66.7 cm³/mol. The summed E-state index contributed by atoms with van der Waals surface area (Å²) in [6.45, 7) is 9.04. The molecule has 0 radical (unpaired) electrons. The van der Waals surface area contributed by atoms with E-state index < -0.39 is 0 Å². The Morgan fingerprint density at radius 3 is 2.67 bits per heavy atom. The van der Waals surface area contributed by atoms with E-state index in [1.165, 1.54) is 18.5 Å². The van der Waals surface area contributed by atoms with Crippen LogP contribution >= 0.6 is 0 Å². The Bertz CT molecular complexity index is 339. The molecule has 0 saturated carbocycles. The number of hydrogen-bond acceptors (Lipinski definition) is 1. The van der Waals surface area contributed by atoms with Crippen LogP contribution in [0.4, 0.5) is 5.69 Å². The average molecular weight is 203 g/mol. The first kappa shape index (κ1) is 10.5. The van der Waals surface area contributed by atoms with Gasteiger partial charge in [0.25, 0.3) is 0 Å². The van der Waals surface area contributed by atoms with Gasteiger partial charge in [0, 0.05) is 18.8 Å². The van der Waals surface area contributed by atoms with Crippen molar-refractivity contribution < 1.29 is 0 Å². The Morgan fingerprint density at radius 2 is 2.00 bits per heavy atom. The maximum atomic E-state index is 2.47. The van der Waals surface area contributed by atoms with Crippen LogP contribution in [0.2, 0.25) is 0 Å². The summed E-state index contributed by atoms with van der Waals surface area (Å²) in [5, 5.41) is 0. The average Bonchev–Trinajstić information content (AvgIpc) is 2.64. The number of anilines is 1. The minimum absolute atomic E-state index is 0.760. The molecule has 0 saturated heterocycles. The lowest BCUT2D eigenvalue weighted by atomic mass is 10.0. The van der Waals surface area contributed by atoms with Gasteiger partial charge in [0.05, 0.1) is 0 Å². The normalized spacial score (nSPS) is 19.0. The number of hydrogen-bond donors (Lipinski definition) is 0. The second kappa shape index (κ2) is 4.26. The van der Waals surface area contributed by atoms with Crippen molar-refractivity contribution in [3.8, 4) is 0 Å². The van der Waals surface area contributed by atoms with Crippen LogP contribution in [-0.2, 0) is 6.42 Å². The Morgan fingerprint density at radius 1 is 1.27 bits per heavy atom. The van der Waals surface area contributed by atoms with Gasteiger partial charge in [-0.3, -0.25) is 0 Å². The standard InChI is InChI=1S/C14H21N/c1-4-15(5-2)14-8-6-7-12-11(3)9-10-13(12)14/h6-8,11H,4-5,9-10H2,1-3H3. The zero-order valence-electron chi connectivity index (χ0n) is 10.1. The minimum atomic E-state index is 0.760. The molecule has 1 atom stereocenters. The fourth-order valence-electron chi connectivity index (χ4n) is 2.70. The van der Waals surface area contributed by atoms with Crippen molar-refractivity contribution in [3.63, 3.8) is 0 Å². The first-order chi connectivity index (χ1) is 7.27. The fraction of sp³-hybridized carbons (Fsp3) is 0.571. The van der Waals surface area contributed by atoms with Gasteiger partial charge in [-0.25, -0.2) is 0 Å². The van der Waals surface area contributed by atoms with Gasteiger partial charge in [-0.2, -0.15) is 0 Å². The second-order valence-electron chi connectivity index (χ2n) is 4.46. The molecule has 1 aromatic carbocycles. The van der Waals surface area contributed by atoms with Gasteiger partial charge in [0.15, 0.2) is 0 Å². The number of fused-ring (bicyclic) bond motifs is 1. The lowest BCUT2D eigenvalue weighted by molar-refractivity contribution is 0.747. The monoisotopic (exact) mass is 203 g/mol. The minimum Gasteiger partial charge on any atom is -0.372 e. The summed E-state index contributed by atoms with van der Waals surface area (Å²) in [5.74, 6) is 0.760. The fourth-order valence-corrected chi connectivity index (χ4v) is 2.70. The quantitative estimate of drug-likeness (QED) is 0.725. The van der Waals surface area contributed by atoms with Crippen LogP contribution in [0.5, 0.6) is 0 Å². The van der Waals surface area contributed by atoms with E-state index in [1.807, 2.05) is 0 Å². The second-order valence-corrected chi connectivity index (χ2v) is 4.46. The smallest absolute Gasteiger partial charge is 0.0401 e. The molecule has 15 heavy (non-hydrogen) atoms. The van der Waals surface area contributed by atoms with Crippen LogP contribution in [0.1, 0.15) is 44.2 Å². The van der Waals surface area contributed by atoms with Gasteiger partial charge in [-0.05, 0) is 49.8 Å². The maximum absolute atomic E-state index is 2.47. The Labute approximate surface area is 93.1 Å². The van der Waals surface area contributed by atoms with Gasteiger partial charge < -0.3 is 4.90 Å². The molecule has 1 aromatic rings. The van der Waals surface area contributed by atoms with Gasteiger partial charge in [0.2, 0.25) is 0 Å². The van der Waals surface area contributed by atoms with Crippen LogP contribution in [0.15, 0.2) is 18.2 Å². The zero-order valence-corrected chi connectivity index (χ0v) is 10.1. The SMILES string of the molecule is CCN(CC)c1cccc2c1CCC2C. The molecule has 0 heterocycles. The summed E-state index contributed by atoms with van der Waals surface area (Å²) in [6.07, 6.45) is 2.59. The third-order valence-electron chi connectivity index (χ3n) is 3.65. The Kier molecular flexibility index (Phi) is 2.99. The molecule has 1 aliphatic carbocycles. The van der Waals surface area contributed by atoms with Crippen molar-refractivity contribution in [2.75, 3.05) is 18.0 Å². The molecular formula is C14H21N. The zero-order chi connectivity index (χ0) is 10.8. The molecule has 0 amide bonds. The predicted octanol–water partition coefficient (Wildman–Crippen LogP) is 3.58. The van der Waals surface area contributed by atoms with Crippen LogP contribution in [0.3, 0.4) is 0 Å². The lowest BCUT2D eigenvalue weighted by Crippen LogP contribution is -2.23. The molecule has 82 valence electrons. The summed E-state index contributed by atoms with van der Waals surface area (Å²) in [7, 11) is 0. The molecule has 0 aliphatic heterocycles. The van der Waals surface area contributed by atoms with E-state index >= 15 is 0 Å². The van der Waals surface area contributed by atoms with Crippen molar-refractivity contribution in [2.24, 2.45) is 0 Å². The van der Waals surface area contributed by atoms with E-state index in [2.05, 4.69) is 43.9 Å². The lowest BCUT2D eigenvalue weighted by Gasteiger charge is -2.24. The largest absolute Gasteiger partial charge is 0.372 e. The molecule has 0 spiro atoms. The Balaban J connectivity index is 2.41. The van der Waals surface area contributed by atoms with E-state index in [0.717, 1.165) is 19.0 Å². The molecule has 0 N–H and O–H groups in total. The Hall–Kier alpha value is -0.980. The number of benzene rings is 1. The van der Waals surface area contributed by atoms with Gasteiger partial charge in [-0.15, -0.1) is 0 Å². The summed E-state index contributed by atoms with van der Waals surface area (Å²) in [4.78, 5) is 2.47. The highest BCUT2D eigenvalue weighted by atomic mass is 15.1. The van der Waals surface area contributed by atoms with Crippen molar-refractivity contribution in [1.29, 1.82) is 0 Å². The molecule has 1 heteroatoms. The van der Waals surface area contributed by atoms with Crippen LogP contribution < -0.4 is 4.90 Å². The van der Waals surface area contributed by atoms with Gasteiger partial charge >= 0.3 is 0 Å².